The summed E-state index contributed by atoms with van der Waals surface area (Å²) < 4.78 is 0. The Morgan fingerprint density at radius 1 is 1.45 bits per heavy atom. The van der Waals surface area contributed by atoms with Gasteiger partial charge < -0.3 is 10.2 Å². The van der Waals surface area contributed by atoms with E-state index >= 15 is 0 Å². The second kappa shape index (κ2) is 6.61. The lowest BCUT2D eigenvalue weighted by Gasteiger charge is -2.29. The summed E-state index contributed by atoms with van der Waals surface area (Å²) in [7, 11) is 2.09. The quantitative estimate of drug-likeness (QED) is 0.680. The number of likely N-dealkylation sites (tertiary alicyclic amines) is 1. The summed E-state index contributed by atoms with van der Waals surface area (Å²) in [6, 6.07) is 2.81. The first-order chi connectivity index (χ1) is 9.47. The average molecular weight is 318 g/mol. The number of piperidine rings is 1. The van der Waals surface area contributed by atoms with Gasteiger partial charge in [0.2, 0.25) is 0 Å². The molecule has 0 saturated carbocycles. The number of nitro groups is 1. The maximum atomic E-state index is 11.0. The van der Waals surface area contributed by atoms with Crippen molar-refractivity contribution in [3.63, 3.8) is 0 Å². The van der Waals surface area contributed by atoms with Crippen molar-refractivity contribution < 1.29 is 4.92 Å². The Morgan fingerprint density at radius 3 is 2.80 bits per heavy atom. The zero-order valence-corrected chi connectivity index (χ0v) is 12.7. The molecule has 2 rings (SSSR count). The number of anilines is 1. The van der Waals surface area contributed by atoms with Crippen molar-refractivity contribution >= 4 is 34.6 Å². The lowest BCUT2D eigenvalue weighted by atomic mass is 9.98. The number of halogens is 2. The molecule has 1 fully saturated rings. The van der Waals surface area contributed by atoms with E-state index in [1.54, 1.807) is 0 Å². The molecule has 0 bridgehead atoms. The molecular formula is C13H17Cl2N3O2. The van der Waals surface area contributed by atoms with E-state index in [0.29, 0.717) is 23.2 Å². The van der Waals surface area contributed by atoms with Crippen molar-refractivity contribution in [3.05, 3.63) is 32.3 Å². The summed E-state index contributed by atoms with van der Waals surface area (Å²) in [6.07, 6.45) is 2.29. The van der Waals surface area contributed by atoms with E-state index in [2.05, 4.69) is 17.3 Å². The van der Waals surface area contributed by atoms with Crippen molar-refractivity contribution in [3.8, 4) is 0 Å². The maximum Gasteiger partial charge on any atom is 0.293 e. The largest absolute Gasteiger partial charge is 0.379 e. The number of hydrogen-bond donors (Lipinski definition) is 1. The summed E-state index contributed by atoms with van der Waals surface area (Å²) in [5.41, 5.74) is 0.390. The Morgan fingerprint density at radius 2 is 2.15 bits per heavy atom. The normalized spacial score (nSPS) is 19.9. The van der Waals surface area contributed by atoms with Crippen molar-refractivity contribution in [1.29, 1.82) is 0 Å². The molecule has 0 spiro atoms. The standard InChI is InChI=1S/C13H17Cl2N3O2/c1-17-4-2-3-9(8-17)7-16-12-5-10(14)11(15)6-13(12)18(19)20/h5-6,9,16H,2-4,7-8H2,1H3. The molecule has 1 aliphatic rings. The van der Waals surface area contributed by atoms with Crippen molar-refractivity contribution in [2.24, 2.45) is 5.92 Å². The minimum absolute atomic E-state index is 0.0384. The zero-order chi connectivity index (χ0) is 14.7. The molecule has 7 heteroatoms. The highest BCUT2D eigenvalue weighted by molar-refractivity contribution is 6.42. The van der Waals surface area contributed by atoms with Crippen LogP contribution >= 0.6 is 23.2 Å². The van der Waals surface area contributed by atoms with E-state index in [1.807, 2.05) is 0 Å². The van der Waals surface area contributed by atoms with Gasteiger partial charge in [0.15, 0.2) is 0 Å². The van der Waals surface area contributed by atoms with E-state index in [4.69, 9.17) is 23.2 Å². The van der Waals surface area contributed by atoms with Crippen LogP contribution in [0, 0.1) is 16.0 Å². The highest BCUT2D eigenvalue weighted by atomic mass is 35.5. The Labute approximate surface area is 128 Å². The van der Waals surface area contributed by atoms with Gasteiger partial charge in [-0.1, -0.05) is 23.2 Å². The van der Waals surface area contributed by atoms with Crippen LogP contribution in [0.4, 0.5) is 11.4 Å². The van der Waals surface area contributed by atoms with Gasteiger partial charge in [0.25, 0.3) is 5.69 Å². The fraction of sp³-hybridized carbons (Fsp3) is 0.538. The van der Waals surface area contributed by atoms with Crippen LogP contribution in [0.3, 0.4) is 0 Å². The molecule has 1 saturated heterocycles. The van der Waals surface area contributed by atoms with E-state index in [9.17, 15) is 10.1 Å². The van der Waals surface area contributed by atoms with Crippen LogP contribution in [-0.2, 0) is 0 Å². The van der Waals surface area contributed by atoms with Crippen LogP contribution in [0.5, 0.6) is 0 Å². The molecule has 0 aromatic heterocycles. The van der Waals surface area contributed by atoms with E-state index in [1.165, 1.54) is 12.1 Å². The SMILES string of the molecule is CN1CCCC(CNc2cc(Cl)c(Cl)cc2[N+](=O)[O-])C1. The summed E-state index contributed by atoms with van der Waals surface area (Å²) in [5.74, 6) is 0.489. The van der Waals surface area contributed by atoms with Gasteiger partial charge >= 0.3 is 0 Å². The Balaban J connectivity index is 2.08. The minimum Gasteiger partial charge on any atom is -0.379 e. The molecule has 110 valence electrons. The fourth-order valence-electron chi connectivity index (χ4n) is 2.52. The number of hydrogen-bond acceptors (Lipinski definition) is 4. The Kier molecular flexibility index (Phi) is 5.07. The summed E-state index contributed by atoms with van der Waals surface area (Å²) in [4.78, 5) is 12.9. The van der Waals surface area contributed by atoms with E-state index < -0.39 is 4.92 Å². The molecule has 1 aliphatic heterocycles. The zero-order valence-electron chi connectivity index (χ0n) is 11.2. The molecule has 1 heterocycles. The van der Waals surface area contributed by atoms with Gasteiger partial charge in [-0.15, -0.1) is 0 Å². The van der Waals surface area contributed by atoms with Gasteiger partial charge in [0.1, 0.15) is 5.69 Å². The maximum absolute atomic E-state index is 11.0. The van der Waals surface area contributed by atoms with Gasteiger partial charge in [-0.25, -0.2) is 0 Å². The first-order valence-corrected chi connectivity index (χ1v) is 7.29. The first-order valence-electron chi connectivity index (χ1n) is 6.53. The van der Waals surface area contributed by atoms with Crippen LogP contribution in [0.15, 0.2) is 12.1 Å². The third-order valence-corrected chi connectivity index (χ3v) is 4.26. The number of rotatable bonds is 4. The highest BCUT2D eigenvalue weighted by Gasteiger charge is 2.20. The first kappa shape index (κ1) is 15.4. The van der Waals surface area contributed by atoms with E-state index in [-0.39, 0.29) is 10.7 Å². The van der Waals surface area contributed by atoms with Gasteiger partial charge in [0.05, 0.1) is 15.0 Å². The molecule has 1 aromatic rings. The predicted molar refractivity (Wildman–Crippen MR) is 81.8 cm³/mol. The molecule has 0 amide bonds. The Bertz CT molecular complexity index is 511. The highest BCUT2D eigenvalue weighted by Crippen LogP contribution is 2.34. The van der Waals surface area contributed by atoms with Crippen LogP contribution in [0.25, 0.3) is 0 Å². The van der Waals surface area contributed by atoms with Gasteiger partial charge in [-0.05, 0) is 38.4 Å². The van der Waals surface area contributed by atoms with Crippen molar-refractivity contribution in [2.75, 3.05) is 32.0 Å². The average Bonchev–Trinajstić information content (AvgIpc) is 2.39. The third kappa shape index (κ3) is 3.75. The van der Waals surface area contributed by atoms with Crippen LogP contribution < -0.4 is 5.32 Å². The molecule has 1 atom stereocenters. The van der Waals surface area contributed by atoms with Crippen LogP contribution in [0.1, 0.15) is 12.8 Å². The Hall–Kier alpha value is -1.04. The molecular weight excluding hydrogens is 301 g/mol. The number of nitrogens with zero attached hydrogens (tertiary/aromatic N) is 2. The summed E-state index contributed by atoms with van der Waals surface area (Å²) in [5, 5.41) is 14.7. The smallest absolute Gasteiger partial charge is 0.293 e. The number of nitro benzene ring substituents is 1. The molecule has 1 aromatic carbocycles. The van der Waals surface area contributed by atoms with Crippen molar-refractivity contribution in [1.82, 2.24) is 4.90 Å². The second-order valence-electron chi connectivity index (χ2n) is 5.19. The van der Waals surface area contributed by atoms with E-state index in [0.717, 1.165) is 25.9 Å². The number of nitrogens with one attached hydrogen (secondary N) is 1. The molecule has 20 heavy (non-hydrogen) atoms. The molecule has 0 aliphatic carbocycles. The molecule has 0 radical (unpaired) electrons. The molecule has 1 N–H and O–H groups in total. The lowest BCUT2D eigenvalue weighted by molar-refractivity contribution is -0.383. The molecule has 5 nitrogen and oxygen atoms in total. The van der Waals surface area contributed by atoms with Gasteiger partial charge in [-0.3, -0.25) is 10.1 Å². The fourth-order valence-corrected chi connectivity index (χ4v) is 2.84. The van der Waals surface area contributed by atoms with Gasteiger partial charge in [0, 0.05) is 19.2 Å². The predicted octanol–water partition coefficient (Wildman–Crippen LogP) is 3.66. The number of benzene rings is 1. The van der Waals surface area contributed by atoms with Crippen molar-refractivity contribution in [2.45, 2.75) is 12.8 Å². The summed E-state index contributed by atoms with van der Waals surface area (Å²) >= 11 is 11.8. The molecule has 1 unspecified atom stereocenters. The monoisotopic (exact) mass is 317 g/mol. The third-order valence-electron chi connectivity index (χ3n) is 3.54. The topological polar surface area (TPSA) is 58.4 Å². The van der Waals surface area contributed by atoms with Crippen LogP contribution in [0.2, 0.25) is 10.0 Å². The lowest BCUT2D eigenvalue weighted by Crippen LogP contribution is -2.35. The van der Waals surface area contributed by atoms with Gasteiger partial charge in [-0.2, -0.15) is 0 Å². The van der Waals surface area contributed by atoms with Crippen LogP contribution in [-0.4, -0.2) is 36.5 Å². The summed E-state index contributed by atoms with van der Waals surface area (Å²) in [6.45, 7) is 2.81. The second-order valence-corrected chi connectivity index (χ2v) is 6.01. The minimum atomic E-state index is -0.447.